The molecule has 1 saturated heterocycles. The maximum absolute atomic E-state index is 11.9. The Bertz CT molecular complexity index is 231. The number of carbonyl (C=O) groups excluding carboxylic acids is 1. The summed E-state index contributed by atoms with van der Waals surface area (Å²) in [5, 5.41) is 3.03. The highest BCUT2D eigenvalue weighted by molar-refractivity contribution is 6.17. The van der Waals surface area contributed by atoms with Crippen LogP contribution in [0.15, 0.2) is 0 Å². The van der Waals surface area contributed by atoms with Crippen LogP contribution in [-0.2, 0) is 9.53 Å². The average Bonchev–Trinajstić information content (AvgIpc) is 2.50. The van der Waals surface area contributed by atoms with E-state index in [-0.39, 0.29) is 23.5 Å². The van der Waals surface area contributed by atoms with Gasteiger partial charge in [0.2, 0.25) is 5.91 Å². The van der Waals surface area contributed by atoms with Gasteiger partial charge in [-0.2, -0.15) is 0 Å². The van der Waals surface area contributed by atoms with Crippen LogP contribution >= 0.6 is 11.6 Å². The van der Waals surface area contributed by atoms with Crippen LogP contribution in [0.5, 0.6) is 0 Å². The Kier molecular flexibility index (Phi) is 4.41. The molecule has 1 aliphatic heterocycles. The van der Waals surface area contributed by atoms with Gasteiger partial charge in [0.05, 0.1) is 12.0 Å². The Morgan fingerprint density at radius 1 is 1.60 bits per heavy atom. The highest BCUT2D eigenvalue weighted by atomic mass is 35.5. The number of hydrogen-bond acceptors (Lipinski definition) is 2. The fraction of sp³-hybridized carbons (Fsp3) is 0.909. The van der Waals surface area contributed by atoms with Gasteiger partial charge in [0, 0.05) is 18.0 Å². The predicted octanol–water partition coefficient (Wildman–Crippen LogP) is 1.94. The van der Waals surface area contributed by atoms with Crippen LogP contribution < -0.4 is 5.32 Å². The van der Waals surface area contributed by atoms with E-state index in [0.717, 1.165) is 12.8 Å². The molecule has 2 unspecified atom stereocenters. The molecule has 0 aromatic rings. The Balaban J connectivity index is 2.47. The number of nitrogens with one attached hydrogen (secondary N) is 1. The molecule has 0 aliphatic carbocycles. The maximum Gasteiger partial charge on any atom is 0.226 e. The second-order valence-electron chi connectivity index (χ2n) is 4.78. The largest absolute Gasteiger partial charge is 0.378 e. The van der Waals surface area contributed by atoms with Crippen LogP contribution in [0.1, 0.15) is 33.6 Å². The lowest BCUT2D eigenvalue weighted by Gasteiger charge is -2.27. The molecule has 0 aromatic carbocycles. The van der Waals surface area contributed by atoms with Crippen molar-refractivity contribution in [1.82, 2.24) is 5.32 Å². The molecule has 2 atom stereocenters. The topological polar surface area (TPSA) is 38.3 Å². The molecule has 0 aromatic heterocycles. The minimum atomic E-state index is -0.221. The van der Waals surface area contributed by atoms with Crippen molar-refractivity contribution in [2.24, 2.45) is 5.92 Å². The number of alkyl halides is 1. The van der Waals surface area contributed by atoms with E-state index in [1.165, 1.54) is 0 Å². The van der Waals surface area contributed by atoms with Crippen LogP contribution in [0.25, 0.3) is 0 Å². The van der Waals surface area contributed by atoms with Gasteiger partial charge in [-0.1, -0.05) is 0 Å². The number of ether oxygens (including phenoxy) is 1. The van der Waals surface area contributed by atoms with Crippen LogP contribution in [0, 0.1) is 5.92 Å². The van der Waals surface area contributed by atoms with Crippen LogP contribution in [0.3, 0.4) is 0 Å². The molecule has 1 heterocycles. The minimum Gasteiger partial charge on any atom is -0.378 e. The molecule has 0 bridgehead atoms. The van der Waals surface area contributed by atoms with E-state index in [4.69, 9.17) is 16.3 Å². The van der Waals surface area contributed by atoms with Gasteiger partial charge in [0.15, 0.2) is 0 Å². The number of amides is 1. The summed E-state index contributed by atoms with van der Waals surface area (Å²) in [6.45, 7) is 6.63. The molecule has 15 heavy (non-hydrogen) atoms. The van der Waals surface area contributed by atoms with Crippen molar-refractivity contribution in [2.75, 3.05) is 12.5 Å². The number of carbonyl (C=O) groups is 1. The molecule has 3 nitrogen and oxygen atoms in total. The molecule has 0 spiro atoms. The smallest absolute Gasteiger partial charge is 0.226 e. The molecule has 4 heteroatoms. The lowest BCUT2D eigenvalue weighted by atomic mass is 9.97. The fourth-order valence-electron chi connectivity index (χ4n) is 1.80. The fourth-order valence-corrected chi connectivity index (χ4v) is 2.27. The second-order valence-corrected chi connectivity index (χ2v) is 5.16. The molecule has 1 N–H and O–H groups in total. The van der Waals surface area contributed by atoms with Crippen LogP contribution in [-0.4, -0.2) is 30.0 Å². The quantitative estimate of drug-likeness (QED) is 0.754. The van der Waals surface area contributed by atoms with E-state index in [1.807, 2.05) is 20.8 Å². The van der Waals surface area contributed by atoms with E-state index in [0.29, 0.717) is 12.5 Å². The minimum absolute atomic E-state index is 0.000370. The molecule has 1 fully saturated rings. The molecular weight excluding hydrogens is 214 g/mol. The molecule has 88 valence electrons. The first-order valence-electron chi connectivity index (χ1n) is 5.46. The maximum atomic E-state index is 11.9. The third-order valence-electron chi connectivity index (χ3n) is 2.89. The van der Waals surface area contributed by atoms with E-state index < -0.39 is 0 Å². The van der Waals surface area contributed by atoms with E-state index >= 15 is 0 Å². The van der Waals surface area contributed by atoms with Crippen molar-refractivity contribution in [3.8, 4) is 0 Å². The average molecular weight is 234 g/mol. The highest BCUT2D eigenvalue weighted by Crippen LogP contribution is 2.22. The van der Waals surface area contributed by atoms with Crippen molar-refractivity contribution >= 4 is 17.5 Å². The van der Waals surface area contributed by atoms with Gasteiger partial charge in [-0.25, -0.2) is 0 Å². The molecule has 1 rings (SSSR count). The van der Waals surface area contributed by atoms with Crippen molar-refractivity contribution < 1.29 is 9.53 Å². The third-order valence-corrected chi connectivity index (χ3v) is 3.08. The van der Waals surface area contributed by atoms with E-state index in [9.17, 15) is 4.79 Å². The Morgan fingerprint density at radius 2 is 2.27 bits per heavy atom. The summed E-state index contributed by atoms with van der Waals surface area (Å²) < 4.78 is 5.37. The van der Waals surface area contributed by atoms with Crippen molar-refractivity contribution in [3.63, 3.8) is 0 Å². The molecule has 0 saturated carbocycles. The summed E-state index contributed by atoms with van der Waals surface area (Å²) in [5.74, 6) is 0.652. The zero-order valence-electron chi connectivity index (χ0n) is 9.68. The first-order chi connectivity index (χ1) is 6.96. The first-order valence-corrected chi connectivity index (χ1v) is 5.99. The molecule has 0 radical (unpaired) electrons. The van der Waals surface area contributed by atoms with Crippen molar-refractivity contribution in [2.45, 2.75) is 45.3 Å². The number of hydrogen-bond donors (Lipinski definition) is 1. The lowest BCUT2D eigenvalue weighted by Crippen LogP contribution is -2.47. The molecular formula is C11H20ClNO2. The number of rotatable bonds is 4. The van der Waals surface area contributed by atoms with Gasteiger partial charge >= 0.3 is 0 Å². The van der Waals surface area contributed by atoms with Gasteiger partial charge in [0.1, 0.15) is 0 Å². The Morgan fingerprint density at radius 3 is 2.73 bits per heavy atom. The van der Waals surface area contributed by atoms with E-state index in [1.54, 1.807) is 0 Å². The summed E-state index contributed by atoms with van der Waals surface area (Å²) >= 11 is 5.68. The van der Waals surface area contributed by atoms with Gasteiger partial charge in [-0.05, 0) is 33.6 Å². The van der Waals surface area contributed by atoms with Gasteiger partial charge < -0.3 is 10.1 Å². The summed E-state index contributed by atoms with van der Waals surface area (Å²) in [4.78, 5) is 11.9. The highest BCUT2D eigenvalue weighted by Gasteiger charge is 2.33. The predicted molar refractivity (Wildman–Crippen MR) is 61.1 cm³/mol. The van der Waals surface area contributed by atoms with E-state index in [2.05, 4.69) is 5.32 Å². The Hall–Kier alpha value is -0.280. The number of halogens is 1. The summed E-state index contributed by atoms with van der Waals surface area (Å²) in [5.41, 5.74) is -0.221. The normalized spacial score (nSPS) is 26.7. The van der Waals surface area contributed by atoms with Gasteiger partial charge in [-0.3, -0.25) is 4.79 Å². The van der Waals surface area contributed by atoms with Gasteiger partial charge in [0.25, 0.3) is 0 Å². The van der Waals surface area contributed by atoms with Crippen LogP contribution in [0.4, 0.5) is 0 Å². The molecule has 1 aliphatic rings. The monoisotopic (exact) mass is 233 g/mol. The first kappa shape index (κ1) is 12.8. The summed E-state index contributed by atoms with van der Waals surface area (Å²) in [6.07, 6.45) is 1.64. The lowest BCUT2D eigenvalue weighted by molar-refractivity contribution is -0.128. The zero-order valence-corrected chi connectivity index (χ0v) is 10.4. The van der Waals surface area contributed by atoms with Gasteiger partial charge in [-0.15, -0.1) is 11.6 Å². The van der Waals surface area contributed by atoms with Crippen LogP contribution in [0.2, 0.25) is 0 Å². The second kappa shape index (κ2) is 5.17. The standard InChI is InChI=1S/C11H20ClNO2/c1-8-9(4-7-15-8)10(14)13-11(2,3)5-6-12/h8-9H,4-7H2,1-3H3,(H,13,14). The van der Waals surface area contributed by atoms with Crippen molar-refractivity contribution in [1.29, 1.82) is 0 Å². The Labute approximate surface area is 96.5 Å². The third kappa shape index (κ3) is 3.65. The summed E-state index contributed by atoms with van der Waals surface area (Å²) in [7, 11) is 0. The molecule has 1 amide bonds. The van der Waals surface area contributed by atoms with Crippen molar-refractivity contribution in [3.05, 3.63) is 0 Å². The zero-order chi connectivity index (χ0) is 11.5. The summed E-state index contributed by atoms with van der Waals surface area (Å²) in [6, 6.07) is 0. The SMILES string of the molecule is CC1OCCC1C(=O)NC(C)(C)CCCl.